The van der Waals surface area contributed by atoms with Gasteiger partial charge in [-0.2, -0.15) is 0 Å². The highest BCUT2D eigenvalue weighted by molar-refractivity contribution is 5.95. The Kier molecular flexibility index (Phi) is 5.86. The van der Waals surface area contributed by atoms with E-state index in [1.54, 1.807) is 0 Å². The van der Waals surface area contributed by atoms with Gasteiger partial charge in [-0.15, -0.1) is 0 Å². The van der Waals surface area contributed by atoms with E-state index in [2.05, 4.69) is 5.32 Å². The van der Waals surface area contributed by atoms with Crippen LogP contribution in [0.15, 0.2) is 24.3 Å². The molecule has 112 valence electrons. The fraction of sp³-hybridized carbons (Fsp3) is 0.417. The summed E-state index contributed by atoms with van der Waals surface area (Å²) in [5.41, 5.74) is 0.0148. The third-order valence-electron chi connectivity index (χ3n) is 2.69. The van der Waals surface area contributed by atoms with Crippen molar-refractivity contribution in [1.29, 1.82) is 0 Å². The first-order chi connectivity index (χ1) is 9.38. The van der Waals surface area contributed by atoms with E-state index in [0.29, 0.717) is 0 Å². The summed E-state index contributed by atoms with van der Waals surface area (Å²) in [5.74, 6) is -1.32. The van der Waals surface area contributed by atoms with Crippen molar-refractivity contribution in [1.82, 2.24) is 0 Å². The maximum atomic E-state index is 11.6. The van der Waals surface area contributed by atoms with Gasteiger partial charge in [0.25, 0.3) is 5.91 Å². The van der Waals surface area contributed by atoms with E-state index in [9.17, 15) is 25.2 Å². The molecule has 0 aliphatic rings. The van der Waals surface area contributed by atoms with E-state index in [1.165, 1.54) is 24.3 Å². The summed E-state index contributed by atoms with van der Waals surface area (Å²) >= 11 is 0. The van der Waals surface area contributed by atoms with Crippen molar-refractivity contribution in [3.63, 3.8) is 0 Å². The fourth-order valence-electron chi connectivity index (χ4n) is 1.46. The highest BCUT2D eigenvalue weighted by atomic mass is 16.4. The fourth-order valence-corrected chi connectivity index (χ4v) is 1.46. The SMILES string of the molecule is O=C(Nc1ccccc1O)[C@@H](O)[C@H](O)[C@H](O)[C@H](O)CO. The van der Waals surface area contributed by atoms with E-state index in [-0.39, 0.29) is 11.4 Å². The van der Waals surface area contributed by atoms with Crippen molar-refractivity contribution < 1.29 is 35.4 Å². The van der Waals surface area contributed by atoms with Crippen molar-refractivity contribution in [2.24, 2.45) is 0 Å². The molecular formula is C12H17NO7. The molecule has 1 aromatic carbocycles. The summed E-state index contributed by atoms with van der Waals surface area (Å²) < 4.78 is 0. The van der Waals surface area contributed by atoms with E-state index >= 15 is 0 Å². The maximum absolute atomic E-state index is 11.6. The van der Waals surface area contributed by atoms with Gasteiger partial charge in [-0.3, -0.25) is 4.79 Å². The Hall–Kier alpha value is -1.71. The first-order valence-corrected chi connectivity index (χ1v) is 5.80. The van der Waals surface area contributed by atoms with Crippen LogP contribution in [0.25, 0.3) is 0 Å². The Morgan fingerprint density at radius 1 is 1.10 bits per heavy atom. The van der Waals surface area contributed by atoms with Crippen LogP contribution in [0.5, 0.6) is 5.75 Å². The lowest BCUT2D eigenvalue weighted by atomic mass is 10.0. The van der Waals surface area contributed by atoms with Crippen LogP contribution in [-0.2, 0) is 4.79 Å². The minimum Gasteiger partial charge on any atom is -0.506 e. The number of aliphatic hydroxyl groups excluding tert-OH is 5. The van der Waals surface area contributed by atoms with Gasteiger partial charge in [0, 0.05) is 0 Å². The molecule has 7 N–H and O–H groups in total. The molecule has 1 amide bonds. The van der Waals surface area contributed by atoms with Crippen LogP contribution in [0.1, 0.15) is 0 Å². The number of hydrogen-bond donors (Lipinski definition) is 7. The number of phenolic OH excluding ortho intramolecular Hbond substituents is 1. The molecule has 8 heteroatoms. The molecule has 20 heavy (non-hydrogen) atoms. The molecule has 0 unspecified atom stereocenters. The average Bonchev–Trinajstić information content (AvgIpc) is 2.46. The maximum Gasteiger partial charge on any atom is 0.256 e. The first kappa shape index (κ1) is 16.3. The van der Waals surface area contributed by atoms with Gasteiger partial charge < -0.3 is 36.0 Å². The summed E-state index contributed by atoms with van der Waals surface area (Å²) in [5, 5.41) is 57.8. The third kappa shape index (κ3) is 3.89. The summed E-state index contributed by atoms with van der Waals surface area (Å²) in [6, 6.07) is 5.73. The number of aromatic hydroxyl groups is 1. The number of nitrogens with one attached hydrogen (secondary N) is 1. The Bertz CT molecular complexity index is 453. The van der Waals surface area contributed by atoms with Gasteiger partial charge in [0.1, 0.15) is 24.1 Å². The summed E-state index contributed by atoms with van der Waals surface area (Å²) in [7, 11) is 0. The predicted octanol–water partition coefficient (Wildman–Crippen LogP) is -2.23. The molecule has 4 atom stereocenters. The first-order valence-electron chi connectivity index (χ1n) is 5.80. The number of phenols is 1. The van der Waals surface area contributed by atoms with Gasteiger partial charge in [-0.05, 0) is 12.1 Å². The number of hydrogen-bond acceptors (Lipinski definition) is 7. The van der Waals surface area contributed by atoms with E-state index in [0.717, 1.165) is 0 Å². The number of amides is 1. The largest absolute Gasteiger partial charge is 0.506 e. The molecule has 0 saturated heterocycles. The quantitative estimate of drug-likeness (QED) is 0.292. The summed E-state index contributed by atoms with van der Waals surface area (Å²) in [6.45, 7) is -0.841. The lowest BCUT2D eigenvalue weighted by Gasteiger charge is -2.25. The molecule has 0 aromatic heterocycles. The average molecular weight is 287 g/mol. The zero-order valence-corrected chi connectivity index (χ0v) is 10.4. The Balaban J connectivity index is 2.70. The zero-order chi connectivity index (χ0) is 15.3. The predicted molar refractivity (Wildman–Crippen MR) is 67.8 cm³/mol. The van der Waals surface area contributed by atoms with Gasteiger partial charge in [-0.25, -0.2) is 0 Å². The molecule has 8 nitrogen and oxygen atoms in total. The highest BCUT2D eigenvalue weighted by Gasteiger charge is 2.34. The van der Waals surface area contributed by atoms with Crippen LogP contribution in [0.3, 0.4) is 0 Å². The van der Waals surface area contributed by atoms with Crippen molar-refractivity contribution >= 4 is 11.6 Å². The van der Waals surface area contributed by atoms with Crippen molar-refractivity contribution in [3.05, 3.63) is 24.3 Å². The second-order valence-electron chi connectivity index (χ2n) is 4.18. The van der Waals surface area contributed by atoms with Crippen LogP contribution in [-0.4, -0.2) is 67.6 Å². The number of para-hydroxylation sites is 2. The van der Waals surface area contributed by atoms with Crippen LogP contribution in [0, 0.1) is 0 Å². The lowest BCUT2D eigenvalue weighted by molar-refractivity contribution is -0.144. The zero-order valence-electron chi connectivity index (χ0n) is 10.4. The van der Waals surface area contributed by atoms with Crippen LogP contribution < -0.4 is 5.32 Å². The molecule has 1 rings (SSSR count). The molecule has 1 aromatic rings. The minimum absolute atomic E-state index is 0.0148. The molecule has 0 saturated carbocycles. The Morgan fingerprint density at radius 3 is 2.25 bits per heavy atom. The van der Waals surface area contributed by atoms with E-state index < -0.39 is 36.9 Å². The van der Waals surface area contributed by atoms with Gasteiger partial charge in [0.2, 0.25) is 0 Å². The van der Waals surface area contributed by atoms with Crippen LogP contribution in [0.4, 0.5) is 5.69 Å². The van der Waals surface area contributed by atoms with E-state index in [1.807, 2.05) is 0 Å². The van der Waals surface area contributed by atoms with Gasteiger partial charge >= 0.3 is 0 Å². The Labute approximate surface area is 114 Å². The van der Waals surface area contributed by atoms with Crippen molar-refractivity contribution in [3.8, 4) is 5.75 Å². The summed E-state index contributed by atoms with van der Waals surface area (Å²) in [4.78, 5) is 11.6. The van der Waals surface area contributed by atoms with E-state index in [4.69, 9.17) is 10.2 Å². The second-order valence-corrected chi connectivity index (χ2v) is 4.18. The number of rotatable bonds is 6. The number of benzene rings is 1. The molecule has 0 aliphatic carbocycles. The normalized spacial score (nSPS) is 17.1. The number of anilines is 1. The topological polar surface area (TPSA) is 150 Å². The summed E-state index contributed by atoms with van der Waals surface area (Å²) in [6.07, 6.45) is -7.64. The monoisotopic (exact) mass is 287 g/mol. The molecule has 0 spiro atoms. The van der Waals surface area contributed by atoms with Crippen molar-refractivity contribution in [2.75, 3.05) is 11.9 Å². The lowest BCUT2D eigenvalue weighted by Crippen LogP contribution is -2.50. The molecule has 0 heterocycles. The van der Waals surface area contributed by atoms with Crippen LogP contribution >= 0.6 is 0 Å². The van der Waals surface area contributed by atoms with Crippen molar-refractivity contribution in [2.45, 2.75) is 24.4 Å². The van der Waals surface area contributed by atoms with Crippen LogP contribution in [0.2, 0.25) is 0 Å². The smallest absolute Gasteiger partial charge is 0.256 e. The number of carbonyl (C=O) groups excluding carboxylic acids is 1. The molecular weight excluding hydrogens is 270 g/mol. The van der Waals surface area contributed by atoms with Gasteiger partial charge in [-0.1, -0.05) is 12.1 Å². The minimum atomic E-state index is -2.05. The van der Waals surface area contributed by atoms with Gasteiger partial charge in [0.15, 0.2) is 6.10 Å². The second kappa shape index (κ2) is 7.17. The third-order valence-corrected chi connectivity index (χ3v) is 2.69. The molecule has 0 radical (unpaired) electrons. The molecule has 0 bridgehead atoms. The Morgan fingerprint density at radius 2 is 1.70 bits per heavy atom. The number of aliphatic hydroxyl groups is 5. The van der Waals surface area contributed by atoms with Gasteiger partial charge in [0.05, 0.1) is 12.3 Å². The molecule has 0 aliphatic heterocycles. The standard InChI is InChI=1S/C12H17NO7/c14-5-8(16)9(17)10(18)11(19)12(20)13-6-3-1-2-4-7(6)15/h1-4,8-11,14-19H,5H2,(H,13,20)/t8-,9-,10-,11+/m1/s1. The molecule has 0 fully saturated rings. The number of carbonyl (C=O) groups is 1. The highest BCUT2D eigenvalue weighted by Crippen LogP contribution is 2.22.